The molecule has 1 aliphatic heterocycles. The molecule has 1 heterocycles. The molecular formula is C14H30N2O. The first-order chi connectivity index (χ1) is 8.15. The van der Waals surface area contributed by atoms with Crippen molar-refractivity contribution in [3.8, 4) is 0 Å². The third-order valence-corrected chi connectivity index (χ3v) is 3.73. The summed E-state index contributed by atoms with van der Waals surface area (Å²) in [5.74, 6) is 0. The minimum Gasteiger partial charge on any atom is -0.381 e. The molecule has 1 aliphatic rings. The molecule has 0 radical (unpaired) electrons. The number of likely N-dealkylation sites (N-methyl/N-ethyl adjacent to an activating group) is 1. The van der Waals surface area contributed by atoms with Crippen molar-refractivity contribution in [1.29, 1.82) is 0 Å². The second-order valence-corrected chi connectivity index (χ2v) is 5.51. The smallest absolute Gasteiger partial charge is 0.0480 e. The molecule has 0 aliphatic carbocycles. The topological polar surface area (TPSA) is 24.5 Å². The van der Waals surface area contributed by atoms with Gasteiger partial charge < -0.3 is 10.1 Å². The van der Waals surface area contributed by atoms with Gasteiger partial charge in [0.15, 0.2) is 0 Å². The Balaban J connectivity index is 2.42. The monoisotopic (exact) mass is 242 g/mol. The van der Waals surface area contributed by atoms with E-state index in [2.05, 4.69) is 38.0 Å². The van der Waals surface area contributed by atoms with E-state index in [0.717, 1.165) is 19.8 Å². The molecule has 3 nitrogen and oxygen atoms in total. The normalized spacial score (nSPS) is 20.1. The van der Waals surface area contributed by atoms with Crippen molar-refractivity contribution in [2.45, 2.75) is 64.6 Å². The Morgan fingerprint density at radius 3 is 2.47 bits per heavy atom. The molecule has 0 saturated carbocycles. The Morgan fingerprint density at radius 1 is 1.29 bits per heavy atom. The fraction of sp³-hybridized carbons (Fsp3) is 1.00. The van der Waals surface area contributed by atoms with Gasteiger partial charge in [0.1, 0.15) is 0 Å². The highest BCUT2D eigenvalue weighted by atomic mass is 16.5. The van der Waals surface area contributed by atoms with Crippen LogP contribution in [0, 0.1) is 0 Å². The van der Waals surface area contributed by atoms with E-state index in [0.29, 0.717) is 18.1 Å². The lowest BCUT2D eigenvalue weighted by Gasteiger charge is -2.37. The van der Waals surface area contributed by atoms with Gasteiger partial charge in [-0.05, 0) is 26.3 Å². The molecule has 0 aromatic heterocycles. The van der Waals surface area contributed by atoms with Crippen LogP contribution in [0.25, 0.3) is 0 Å². The number of nitrogens with zero attached hydrogens (tertiary/aromatic N) is 1. The molecule has 3 heteroatoms. The van der Waals surface area contributed by atoms with Crippen LogP contribution in [-0.2, 0) is 4.74 Å². The summed E-state index contributed by atoms with van der Waals surface area (Å²) in [5.41, 5.74) is 0. The SMILES string of the molecule is CCCC(CNC(C)C)N(C)C1CCOCC1. The van der Waals surface area contributed by atoms with Crippen LogP contribution < -0.4 is 5.32 Å². The van der Waals surface area contributed by atoms with Gasteiger partial charge in [0, 0.05) is 37.9 Å². The van der Waals surface area contributed by atoms with Crippen LogP contribution >= 0.6 is 0 Å². The largest absolute Gasteiger partial charge is 0.381 e. The molecule has 1 saturated heterocycles. The first kappa shape index (κ1) is 14.9. The van der Waals surface area contributed by atoms with Gasteiger partial charge in [-0.15, -0.1) is 0 Å². The van der Waals surface area contributed by atoms with Crippen LogP contribution in [-0.4, -0.2) is 49.8 Å². The fourth-order valence-electron chi connectivity index (χ4n) is 2.55. The van der Waals surface area contributed by atoms with Gasteiger partial charge >= 0.3 is 0 Å². The summed E-state index contributed by atoms with van der Waals surface area (Å²) >= 11 is 0. The molecule has 1 unspecified atom stereocenters. The van der Waals surface area contributed by atoms with Crippen molar-refractivity contribution in [3.05, 3.63) is 0 Å². The summed E-state index contributed by atoms with van der Waals surface area (Å²) < 4.78 is 5.45. The minimum atomic E-state index is 0.581. The average Bonchev–Trinajstić information content (AvgIpc) is 2.34. The van der Waals surface area contributed by atoms with Crippen molar-refractivity contribution in [2.24, 2.45) is 0 Å². The van der Waals surface area contributed by atoms with Crippen LogP contribution in [0.15, 0.2) is 0 Å². The third-order valence-electron chi connectivity index (χ3n) is 3.73. The molecule has 1 N–H and O–H groups in total. The molecule has 0 spiro atoms. The molecule has 0 aromatic rings. The zero-order chi connectivity index (χ0) is 12.7. The Bertz CT molecular complexity index is 191. The Morgan fingerprint density at radius 2 is 1.94 bits per heavy atom. The predicted molar refractivity (Wildman–Crippen MR) is 73.4 cm³/mol. The molecule has 1 atom stereocenters. The summed E-state index contributed by atoms with van der Waals surface area (Å²) in [5, 5.41) is 3.58. The second-order valence-electron chi connectivity index (χ2n) is 5.51. The molecule has 0 amide bonds. The zero-order valence-electron chi connectivity index (χ0n) is 12.0. The number of nitrogens with one attached hydrogen (secondary N) is 1. The van der Waals surface area contributed by atoms with Gasteiger partial charge in [-0.3, -0.25) is 4.90 Å². The molecule has 1 fully saturated rings. The van der Waals surface area contributed by atoms with Crippen LogP contribution in [0.2, 0.25) is 0 Å². The quantitative estimate of drug-likeness (QED) is 0.741. The van der Waals surface area contributed by atoms with Crippen molar-refractivity contribution in [1.82, 2.24) is 10.2 Å². The van der Waals surface area contributed by atoms with Crippen LogP contribution in [0.4, 0.5) is 0 Å². The van der Waals surface area contributed by atoms with Crippen LogP contribution in [0.1, 0.15) is 46.5 Å². The summed E-state index contributed by atoms with van der Waals surface area (Å²) in [4.78, 5) is 2.58. The minimum absolute atomic E-state index is 0.581. The molecule has 102 valence electrons. The van der Waals surface area contributed by atoms with Gasteiger partial charge in [0.05, 0.1) is 0 Å². The van der Waals surface area contributed by atoms with E-state index >= 15 is 0 Å². The lowest BCUT2D eigenvalue weighted by atomic mass is 10.0. The predicted octanol–water partition coefficient (Wildman–Crippen LogP) is 2.26. The van der Waals surface area contributed by atoms with Crippen LogP contribution in [0.3, 0.4) is 0 Å². The van der Waals surface area contributed by atoms with E-state index in [1.165, 1.54) is 25.7 Å². The highest BCUT2D eigenvalue weighted by molar-refractivity contribution is 4.80. The van der Waals surface area contributed by atoms with E-state index < -0.39 is 0 Å². The molecule has 0 aromatic carbocycles. The standard InChI is InChI=1S/C14H30N2O/c1-5-6-14(11-15-12(2)3)16(4)13-7-9-17-10-8-13/h12-15H,5-11H2,1-4H3. The van der Waals surface area contributed by atoms with E-state index in [4.69, 9.17) is 4.74 Å². The van der Waals surface area contributed by atoms with Crippen molar-refractivity contribution in [2.75, 3.05) is 26.8 Å². The third kappa shape index (κ3) is 5.36. The Hall–Kier alpha value is -0.120. The second kappa shape index (κ2) is 8.06. The first-order valence-corrected chi connectivity index (χ1v) is 7.18. The van der Waals surface area contributed by atoms with E-state index in [-0.39, 0.29) is 0 Å². The lowest BCUT2D eigenvalue weighted by Crippen LogP contribution is -2.48. The van der Waals surface area contributed by atoms with Crippen molar-refractivity contribution >= 4 is 0 Å². The maximum atomic E-state index is 5.45. The maximum absolute atomic E-state index is 5.45. The molecular weight excluding hydrogens is 212 g/mol. The van der Waals surface area contributed by atoms with Gasteiger partial charge in [0.25, 0.3) is 0 Å². The number of hydrogen-bond acceptors (Lipinski definition) is 3. The molecule has 1 rings (SSSR count). The summed E-state index contributed by atoms with van der Waals surface area (Å²) in [6.07, 6.45) is 4.93. The van der Waals surface area contributed by atoms with E-state index in [1.807, 2.05) is 0 Å². The highest BCUT2D eigenvalue weighted by Gasteiger charge is 2.24. The fourth-order valence-corrected chi connectivity index (χ4v) is 2.55. The summed E-state index contributed by atoms with van der Waals surface area (Å²) in [6.45, 7) is 9.70. The van der Waals surface area contributed by atoms with Crippen molar-refractivity contribution in [3.63, 3.8) is 0 Å². The summed E-state index contributed by atoms with van der Waals surface area (Å²) in [7, 11) is 2.29. The molecule has 17 heavy (non-hydrogen) atoms. The van der Waals surface area contributed by atoms with E-state index in [1.54, 1.807) is 0 Å². The first-order valence-electron chi connectivity index (χ1n) is 7.18. The number of ether oxygens (including phenoxy) is 1. The van der Waals surface area contributed by atoms with Gasteiger partial charge in [-0.2, -0.15) is 0 Å². The Kier molecular flexibility index (Phi) is 7.09. The average molecular weight is 242 g/mol. The maximum Gasteiger partial charge on any atom is 0.0480 e. The van der Waals surface area contributed by atoms with Gasteiger partial charge in [-0.1, -0.05) is 27.2 Å². The Labute approximate surface area is 107 Å². The number of rotatable bonds is 7. The zero-order valence-corrected chi connectivity index (χ0v) is 12.0. The number of hydrogen-bond donors (Lipinski definition) is 1. The lowest BCUT2D eigenvalue weighted by molar-refractivity contribution is 0.0266. The van der Waals surface area contributed by atoms with Crippen molar-refractivity contribution < 1.29 is 4.74 Å². The van der Waals surface area contributed by atoms with Crippen LogP contribution in [0.5, 0.6) is 0 Å². The highest BCUT2D eigenvalue weighted by Crippen LogP contribution is 2.17. The van der Waals surface area contributed by atoms with E-state index in [9.17, 15) is 0 Å². The van der Waals surface area contributed by atoms with Gasteiger partial charge in [-0.25, -0.2) is 0 Å². The molecule has 0 bridgehead atoms. The summed E-state index contributed by atoms with van der Waals surface area (Å²) in [6, 6.07) is 1.97. The van der Waals surface area contributed by atoms with Gasteiger partial charge in [0.2, 0.25) is 0 Å².